The van der Waals surface area contributed by atoms with Crippen LogP contribution in [0.3, 0.4) is 0 Å². The second kappa shape index (κ2) is 2.96. The molecule has 4 heteroatoms. The van der Waals surface area contributed by atoms with Crippen molar-refractivity contribution in [2.45, 2.75) is 0 Å². The van der Waals surface area contributed by atoms with Gasteiger partial charge in [0.2, 0.25) is 5.91 Å². The molecule has 2 heterocycles. The van der Waals surface area contributed by atoms with Crippen LogP contribution in [0, 0.1) is 5.41 Å². The van der Waals surface area contributed by atoms with E-state index in [0.717, 1.165) is 26.2 Å². The van der Waals surface area contributed by atoms with Gasteiger partial charge in [-0.05, 0) is 14.1 Å². The predicted octanol–water partition coefficient (Wildman–Crippen LogP) is -1.02. The van der Waals surface area contributed by atoms with Crippen LogP contribution in [0.25, 0.3) is 0 Å². The molecule has 2 rings (SSSR count). The number of nitrogens with one attached hydrogen (secondary N) is 1. The SMILES string of the molecule is CN(C)CC(=O)N1CC2(CNC2)C1. The number of hydrogen-bond donors (Lipinski definition) is 1. The quantitative estimate of drug-likeness (QED) is 0.595. The Balaban J connectivity index is 1.76. The van der Waals surface area contributed by atoms with Gasteiger partial charge in [0, 0.05) is 31.6 Å². The standard InChI is InChI=1S/C9H17N3O/c1-11(2)3-8(13)12-6-9(7-12)4-10-5-9/h10H,3-7H2,1-2H3. The monoisotopic (exact) mass is 183 g/mol. The van der Waals surface area contributed by atoms with E-state index in [1.54, 1.807) is 0 Å². The molecule has 74 valence electrons. The molecule has 2 fully saturated rings. The lowest BCUT2D eigenvalue weighted by molar-refractivity contribution is -0.147. The van der Waals surface area contributed by atoms with E-state index in [1.807, 2.05) is 23.9 Å². The number of amides is 1. The van der Waals surface area contributed by atoms with E-state index in [9.17, 15) is 4.79 Å². The molecule has 0 atom stereocenters. The zero-order valence-electron chi connectivity index (χ0n) is 8.34. The van der Waals surface area contributed by atoms with E-state index < -0.39 is 0 Å². The minimum absolute atomic E-state index is 0.266. The average Bonchev–Trinajstić information content (AvgIpc) is 1.77. The maximum absolute atomic E-state index is 11.5. The first-order chi connectivity index (χ1) is 6.11. The van der Waals surface area contributed by atoms with Gasteiger partial charge < -0.3 is 15.1 Å². The number of likely N-dealkylation sites (N-methyl/N-ethyl adjacent to an activating group) is 1. The van der Waals surface area contributed by atoms with Gasteiger partial charge in [-0.1, -0.05) is 0 Å². The van der Waals surface area contributed by atoms with Crippen molar-refractivity contribution in [2.75, 3.05) is 46.8 Å². The summed E-state index contributed by atoms with van der Waals surface area (Å²) in [4.78, 5) is 15.4. The Bertz CT molecular complexity index is 215. The summed E-state index contributed by atoms with van der Waals surface area (Å²) in [6.07, 6.45) is 0. The largest absolute Gasteiger partial charge is 0.340 e. The summed E-state index contributed by atoms with van der Waals surface area (Å²) in [7, 11) is 3.86. The Morgan fingerprint density at radius 1 is 1.46 bits per heavy atom. The molecule has 0 saturated carbocycles. The van der Waals surface area contributed by atoms with Gasteiger partial charge >= 0.3 is 0 Å². The molecule has 1 amide bonds. The number of nitrogens with zero attached hydrogens (tertiary/aromatic N) is 2. The second-order valence-electron chi connectivity index (χ2n) is 4.59. The minimum atomic E-state index is 0.266. The predicted molar refractivity (Wildman–Crippen MR) is 50.4 cm³/mol. The third-order valence-electron chi connectivity index (χ3n) is 2.86. The fourth-order valence-corrected chi connectivity index (χ4v) is 2.01. The number of rotatable bonds is 2. The van der Waals surface area contributed by atoms with E-state index in [4.69, 9.17) is 0 Å². The van der Waals surface area contributed by atoms with Crippen LogP contribution in [0.4, 0.5) is 0 Å². The molecular formula is C9H17N3O. The molecule has 0 unspecified atom stereocenters. The third kappa shape index (κ3) is 1.56. The summed E-state index contributed by atoms with van der Waals surface area (Å²) >= 11 is 0. The summed E-state index contributed by atoms with van der Waals surface area (Å²) in [5.74, 6) is 0.266. The van der Waals surface area contributed by atoms with Crippen LogP contribution in [0.5, 0.6) is 0 Å². The van der Waals surface area contributed by atoms with Crippen molar-refractivity contribution in [1.29, 1.82) is 0 Å². The Morgan fingerprint density at radius 3 is 2.46 bits per heavy atom. The molecule has 0 radical (unpaired) electrons. The smallest absolute Gasteiger partial charge is 0.236 e. The summed E-state index contributed by atoms with van der Waals surface area (Å²) in [5.41, 5.74) is 0.460. The van der Waals surface area contributed by atoms with Crippen molar-refractivity contribution in [1.82, 2.24) is 15.1 Å². The molecular weight excluding hydrogens is 166 g/mol. The van der Waals surface area contributed by atoms with Gasteiger partial charge in [0.15, 0.2) is 0 Å². The molecule has 0 aromatic rings. The van der Waals surface area contributed by atoms with Gasteiger partial charge in [0.25, 0.3) is 0 Å². The van der Waals surface area contributed by atoms with Gasteiger partial charge in [-0.15, -0.1) is 0 Å². The molecule has 2 aliphatic heterocycles. The highest BCUT2D eigenvalue weighted by Crippen LogP contribution is 2.33. The third-order valence-corrected chi connectivity index (χ3v) is 2.86. The fourth-order valence-electron chi connectivity index (χ4n) is 2.01. The van der Waals surface area contributed by atoms with Crippen molar-refractivity contribution in [3.05, 3.63) is 0 Å². The highest BCUT2D eigenvalue weighted by atomic mass is 16.2. The first-order valence-corrected chi connectivity index (χ1v) is 4.75. The van der Waals surface area contributed by atoms with Crippen molar-refractivity contribution in [3.8, 4) is 0 Å². The average molecular weight is 183 g/mol. The van der Waals surface area contributed by atoms with E-state index in [-0.39, 0.29) is 5.91 Å². The highest BCUT2D eigenvalue weighted by Gasteiger charge is 2.48. The lowest BCUT2D eigenvalue weighted by Gasteiger charge is -2.56. The molecule has 4 nitrogen and oxygen atoms in total. The van der Waals surface area contributed by atoms with Gasteiger partial charge in [0.1, 0.15) is 0 Å². The van der Waals surface area contributed by atoms with E-state index in [0.29, 0.717) is 12.0 Å². The lowest BCUT2D eigenvalue weighted by Crippen LogP contribution is -2.72. The highest BCUT2D eigenvalue weighted by molar-refractivity contribution is 5.79. The normalized spacial score (nSPS) is 24.4. The molecule has 0 aliphatic carbocycles. The summed E-state index contributed by atoms with van der Waals surface area (Å²) < 4.78 is 0. The maximum Gasteiger partial charge on any atom is 0.236 e. The minimum Gasteiger partial charge on any atom is -0.340 e. The second-order valence-corrected chi connectivity index (χ2v) is 4.59. The van der Waals surface area contributed by atoms with E-state index >= 15 is 0 Å². The molecule has 13 heavy (non-hydrogen) atoms. The Labute approximate surface area is 78.9 Å². The number of carbonyl (C=O) groups excluding carboxylic acids is 1. The first-order valence-electron chi connectivity index (χ1n) is 4.75. The van der Waals surface area contributed by atoms with Crippen molar-refractivity contribution in [2.24, 2.45) is 5.41 Å². The van der Waals surface area contributed by atoms with Crippen LogP contribution in [-0.2, 0) is 4.79 Å². The van der Waals surface area contributed by atoms with E-state index in [2.05, 4.69) is 5.32 Å². The molecule has 0 bridgehead atoms. The van der Waals surface area contributed by atoms with E-state index in [1.165, 1.54) is 0 Å². The molecule has 0 aromatic carbocycles. The maximum atomic E-state index is 11.5. The molecule has 2 saturated heterocycles. The summed E-state index contributed by atoms with van der Waals surface area (Å²) in [6.45, 7) is 4.67. The number of likely N-dealkylation sites (tertiary alicyclic amines) is 1. The molecule has 1 N–H and O–H groups in total. The van der Waals surface area contributed by atoms with Crippen LogP contribution in [-0.4, -0.2) is 62.5 Å². The van der Waals surface area contributed by atoms with Gasteiger partial charge in [-0.3, -0.25) is 4.79 Å². The molecule has 1 spiro atoms. The van der Waals surface area contributed by atoms with Crippen LogP contribution in [0.2, 0.25) is 0 Å². The van der Waals surface area contributed by atoms with Crippen LogP contribution in [0.15, 0.2) is 0 Å². The zero-order chi connectivity index (χ0) is 9.47. The van der Waals surface area contributed by atoms with Crippen LogP contribution in [0.1, 0.15) is 0 Å². The summed E-state index contributed by atoms with van der Waals surface area (Å²) in [6, 6.07) is 0. The Morgan fingerprint density at radius 2 is 2.08 bits per heavy atom. The Kier molecular flexibility index (Phi) is 2.04. The van der Waals surface area contributed by atoms with Crippen molar-refractivity contribution < 1.29 is 4.79 Å². The zero-order valence-corrected chi connectivity index (χ0v) is 8.34. The van der Waals surface area contributed by atoms with Crippen molar-refractivity contribution >= 4 is 5.91 Å². The van der Waals surface area contributed by atoms with Gasteiger partial charge in [-0.2, -0.15) is 0 Å². The number of carbonyl (C=O) groups is 1. The molecule has 2 aliphatic rings. The number of hydrogen-bond acceptors (Lipinski definition) is 3. The van der Waals surface area contributed by atoms with Crippen molar-refractivity contribution in [3.63, 3.8) is 0 Å². The van der Waals surface area contributed by atoms with Gasteiger partial charge in [-0.25, -0.2) is 0 Å². The first kappa shape index (κ1) is 8.97. The molecule has 0 aromatic heterocycles. The van der Waals surface area contributed by atoms with Crippen LogP contribution < -0.4 is 5.32 Å². The van der Waals surface area contributed by atoms with Crippen LogP contribution >= 0.6 is 0 Å². The lowest BCUT2D eigenvalue weighted by atomic mass is 9.74. The summed E-state index contributed by atoms with van der Waals surface area (Å²) in [5, 5.41) is 3.26. The Hall–Kier alpha value is -0.610. The topological polar surface area (TPSA) is 35.6 Å². The fraction of sp³-hybridized carbons (Fsp3) is 0.889. The van der Waals surface area contributed by atoms with Gasteiger partial charge in [0.05, 0.1) is 6.54 Å².